The van der Waals surface area contributed by atoms with Gasteiger partial charge in [-0.05, 0) is 91.0 Å². The Hall–Kier alpha value is -6.42. The van der Waals surface area contributed by atoms with Crippen LogP contribution in [0.2, 0.25) is 0 Å². The Morgan fingerprint density at radius 3 is 1.73 bits per heavy atom. The van der Waals surface area contributed by atoms with E-state index in [9.17, 15) is 0 Å². The zero-order chi connectivity index (χ0) is 34.6. The fourth-order valence-electron chi connectivity index (χ4n) is 7.66. The molecule has 0 saturated heterocycles. The molecule has 244 valence electrons. The average molecular weight is 682 g/mol. The highest BCUT2D eigenvalue weighted by molar-refractivity contribution is 7.41. The molecule has 10 aromatic rings. The Bertz CT molecular complexity index is 2960. The highest BCUT2D eigenvalue weighted by Gasteiger charge is 2.23. The van der Waals surface area contributed by atoms with Crippen LogP contribution in [0.3, 0.4) is 0 Å². The second-order valence-electron chi connectivity index (χ2n) is 13.4. The van der Waals surface area contributed by atoms with Crippen molar-refractivity contribution in [3.05, 3.63) is 182 Å². The molecule has 0 amide bonds. The van der Waals surface area contributed by atoms with Gasteiger partial charge in [0.15, 0.2) is 15.2 Å². The van der Waals surface area contributed by atoms with Gasteiger partial charge in [-0.25, -0.2) is 9.97 Å². The number of benzene rings is 8. The van der Waals surface area contributed by atoms with Crippen molar-refractivity contribution in [1.82, 2.24) is 9.97 Å². The van der Waals surface area contributed by atoms with E-state index < -0.39 is 0 Å². The number of fused-ring (bicyclic) bond motifs is 6. The van der Waals surface area contributed by atoms with Gasteiger partial charge in [-0.15, -0.1) is 0 Å². The Labute approximate surface area is 305 Å². The molecule has 0 fully saturated rings. The molecule has 0 spiro atoms. The summed E-state index contributed by atoms with van der Waals surface area (Å²) in [5, 5.41) is 6.12. The first-order chi connectivity index (χ1) is 25.7. The maximum Gasteiger partial charge on any atom is 0.182 e. The van der Waals surface area contributed by atoms with E-state index in [-0.39, 0.29) is 10.5 Å². The van der Waals surface area contributed by atoms with Crippen molar-refractivity contribution in [3.63, 3.8) is 0 Å². The number of rotatable bonds is 5. The predicted molar refractivity (Wildman–Crippen MR) is 223 cm³/mol. The topological polar surface area (TPSA) is 25.8 Å². The van der Waals surface area contributed by atoms with Crippen molar-refractivity contribution >= 4 is 52.3 Å². The minimum atomic E-state index is -0.0130. The van der Waals surface area contributed by atoms with E-state index >= 15 is 0 Å². The Balaban J connectivity index is 1.11. The standard InChI is InChI=1S/C49H33N2S/c1-52-44-20-8-7-19-42(44)46-45(52)28-27-43-47(46)48(40-26-25-33-13-5-6-14-36(33)30-40)51-49(50-43)41-18-10-17-39(31-41)38-16-9-15-37(29-38)35-23-21-34(22-24-35)32-11-3-2-4-12-32/h2-31H,1H3/q+1. The minimum absolute atomic E-state index is 0.0130. The van der Waals surface area contributed by atoms with Gasteiger partial charge >= 0.3 is 0 Å². The van der Waals surface area contributed by atoms with E-state index in [0.717, 1.165) is 44.7 Å². The molecule has 2 heterocycles. The van der Waals surface area contributed by atoms with Crippen LogP contribution >= 0.6 is 10.5 Å². The van der Waals surface area contributed by atoms with Crippen molar-refractivity contribution in [2.45, 2.75) is 0 Å². The molecular weight excluding hydrogens is 649 g/mol. The summed E-state index contributed by atoms with van der Waals surface area (Å²) in [6.07, 6.45) is 2.33. The normalized spacial score (nSPS) is 11.9. The minimum Gasteiger partial charge on any atom is -0.228 e. The molecule has 0 radical (unpaired) electrons. The molecule has 0 aliphatic heterocycles. The summed E-state index contributed by atoms with van der Waals surface area (Å²) in [7, 11) is -0.0130. The first kappa shape index (κ1) is 30.4. The summed E-state index contributed by atoms with van der Waals surface area (Å²) in [6, 6.07) is 65.4. The molecule has 52 heavy (non-hydrogen) atoms. The van der Waals surface area contributed by atoms with Gasteiger partial charge in [-0.1, -0.05) is 140 Å². The molecule has 2 aromatic heterocycles. The predicted octanol–water partition coefficient (Wildman–Crippen LogP) is 13.7. The maximum atomic E-state index is 5.45. The van der Waals surface area contributed by atoms with Crippen LogP contribution in [-0.2, 0) is 6.26 Å². The highest BCUT2D eigenvalue weighted by Crippen LogP contribution is 2.46. The molecule has 8 aromatic carbocycles. The Morgan fingerprint density at radius 1 is 0.365 bits per heavy atom. The molecule has 10 rings (SSSR count). The van der Waals surface area contributed by atoms with Crippen LogP contribution in [0.5, 0.6) is 0 Å². The molecule has 0 aliphatic rings. The third kappa shape index (κ3) is 5.17. The molecule has 2 nitrogen and oxygen atoms in total. The molecule has 0 aliphatic carbocycles. The van der Waals surface area contributed by atoms with E-state index in [4.69, 9.17) is 9.97 Å². The van der Waals surface area contributed by atoms with E-state index in [0.29, 0.717) is 0 Å². The van der Waals surface area contributed by atoms with Gasteiger partial charge in [0.1, 0.15) is 6.26 Å². The van der Waals surface area contributed by atoms with Crippen molar-refractivity contribution in [1.29, 1.82) is 0 Å². The van der Waals surface area contributed by atoms with Gasteiger partial charge in [0.05, 0.1) is 16.6 Å². The molecular formula is C49H33N2S+. The number of thiophene rings is 1. The Kier molecular flexibility index (Phi) is 7.26. The second kappa shape index (κ2) is 12.4. The van der Waals surface area contributed by atoms with Crippen LogP contribution in [0, 0.1) is 0 Å². The fraction of sp³-hybridized carbons (Fsp3) is 0.0204. The number of hydrogen-bond donors (Lipinski definition) is 0. The summed E-state index contributed by atoms with van der Waals surface area (Å²) in [6.45, 7) is 0. The quantitative estimate of drug-likeness (QED) is 0.169. The lowest BCUT2D eigenvalue weighted by molar-refractivity contribution is 1.23. The van der Waals surface area contributed by atoms with Crippen LogP contribution < -0.4 is 0 Å². The van der Waals surface area contributed by atoms with Crippen LogP contribution in [0.1, 0.15) is 0 Å². The Morgan fingerprint density at radius 2 is 0.942 bits per heavy atom. The first-order valence-electron chi connectivity index (χ1n) is 17.6. The van der Waals surface area contributed by atoms with Gasteiger partial charge in [0, 0.05) is 28.0 Å². The van der Waals surface area contributed by atoms with E-state index in [1.54, 1.807) is 0 Å². The zero-order valence-corrected chi connectivity index (χ0v) is 29.4. The molecule has 1 unspecified atom stereocenters. The maximum absolute atomic E-state index is 5.45. The number of aromatic nitrogens is 2. The average Bonchev–Trinajstić information content (AvgIpc) is 3.52. The molecule has 0 bridgehead atoms. The molecule has 0 N–H and O–H groups in total. The monoisotopic (exact) mass is 681 g/mol. The van der Waals surface area contributed by atoms with Gasteiger partial charge in [0.25, 0.3) is 0 Å². The largest absolute Gasteiger partial charge is 0.228 e. The summed E-state index contributed by atoms with van der Waals surface area (Å²) in [5.41, 5.74) is 11.2. The van der Waals surface area contributed by atoms with Gasteiger partial charge in [0.2, 0.25) is 0 Å². The van der Waals surface area contributed by atoms with E-state index in [1.165, 1.54) is 53.2 Å². The lowest BCUT2D eigenvalue weighted by Crippen LogP contribution is -1.96. The van der Waals surface area contributed by atoms with Crippen LogP contribution in [0.25, 0.3) is 97.9 Å². The van der Waals surface area contributed by atoms with E-state index in [2.05, 4.69) is 188 Å². The first-order valence-corrected chi connectivity index (χ1v) is 19.3. The van der Waals surface area contributed by atoms with Crippen molar-refractivity contribution in [2.75, 3.05) is 0 Å². The van der Waals surface area contributed by atoms with Gasteiger partial charge < -0.3 is 0 Å². The third-order valence-electron chi connectivity index (χ3n) is 10.3. The molecule has 0 saturated carbocycles. The number of aryl methyl sites for hydroxylation is 1. The molecule has 3 heteroatoms. The van der Waals surface area contributed by atoms with Crippen molar-refractivity contribution in [3.8, 4) is 56.0 Å². The molecule has 1 atom stereocenters. The second-order valence-corrected chi connectivity index (χ2v) is 15.3. The fourth-order valence-corrected chi connectivity index (χ4v) is 9.47. The van der Waals surface area contributed by atoms with Crippen molar-refractivity contribution in [2.24, 2.45) is 6.26 Å². The summed E-state index contributed by atoms with van der Waals surface area (Å²) >= 11 is 0. The summed E-state index contributed by atoms with van der Waals surface area (Å²) in [4.78, 5) is 10.7. The SMILES string of the molecule is C[s+]1c2ccccc2c2c3c(-c4ccc5ccccc5c4)nc(-c4cccc(-c5cccc(-c6ccc(-c7ccccc7)cc6)c5)c4)nc3ccc21. The third-order valence-corrected chi connectivity index (χ3v) is 12.3. The summed E-state index contributed by atoms with van der Waals surface area (Å²) < 4.78 is 2.75. The van der Waals surface area contributed by atoms with E-state index in [1.807, 2.05) is 0 Å². The zero-order valence-electron chi connectivity index (χ0n) is 28.6. The van der Waals surface area contributed by atoms with Crippen LogP contribution in [0.15, 0.2) is 182 Å². The lowest BCUT2D eigenvalue weighted by Gasteiger charge is -2.12. The van der Waals surface area contributed by atoms with Gasteiger partial charge in [-0.2, -0.15) is 0 Å². The van der Waals surface area contributed by atoms with Gasteiger partial charge in [-0.3, -0.25) is 0 Å². The lowest BCUT2D eigenvalue weighted by atomic mass is 9.96. The smallest absolute Gasteiger partial charge is 0.182 e. The number of hydrogen-bond acceptors (Lipinski definition) is 2. The highest BCUT2D eigenvalue weighted by atomic mass is 32.2. The van der Waals surface area contributed by atoms with Crippen molar-refractivity contribution < 1.29 is 0 Å². The van der Waals surface area contributed by atoms with Crippen LogP contribution in [0.4, 0.5) is 0 Å². The summed E-state index contributed by atoms with van der Waals surface area (Å²) in [5.74, 6) is 0.729. The number of nitrogens with zero attached hydrogens (tertiary/aromatic N) is 2. The van der Waals surface area contributed by atoms with Crippen LogP contribution in [-0.4, -0.2) is 9.97 Å².